The van der Waals surface area contributed by atoms with Crippen molar-refractivity contribution in [1.29, 1.82) is 0 Å². The van der Waals surface area contributed by atoms with E-state index in [0.29, 0.717) is 25.1 Å². The van der Waals surface area contributed by atoms with Crippen LogP contribution in [0, 0.1) is 5.92 Å². The zero-order valence-electron chi connectivity index (χ0n) is 12.0. The molecule has 19 heavy (non-hydrogen) atoms. The van der Waals surface area contributed by atoms with E-state index < -0.39 is 0 Å². The first-order valence-electron chi connectivity index (χ1n) is 7.46. The van der Waals surface area contributed by atoms with Gasteiger partial charge in [0.2, 0.25) is 5.89 Å². The molecule has 0 aliphatic heterocycles. The second-order valence-electron chi connectivity index (χ2n) is 5.15. The van der Waals surface area contributed by atoms with Crippen LogP contribution in [0.1, 0.15) is 51.2 Å². The Morgan fingerprint density at radius 3 is 2.84 bits per heavy atom. The summed E-state index contributed by atoms with van der Waals surface area (Å²) < 4.78 is 10.6. The molecule has 1 aliphatic rings. The normalized spacial score (nSPS) is 18.0. The maximum Gasteiger partial charge on any atom is 0.228 e. The van der Waals surface area contributed by atoms with Crippen molar-refractivity contribution in [2.45, 2.75) is 58.6 Å². The van der Waals surface area contributed by atoms with Crippen LogP contribution in [0.25, 0.3) is 0 Å². The third kappa shape index (κ3) is 4.28. The molecule has 1 N–H and O–H groups in total. The lowest BCUT2D eigenvalue weighted by atomic mass is 9.95. The smallest absolute Gasteiger partial charge is 0.228 e. The molecule has 1 aromatic heterocycles. The maximum absolute atomic E-state index is 5.32. The van der Waals surface area contributed by atoms with Crippen molar-refractivity contribution in [1.82, 2.24) is 15.5 Å². The fourth-order valence-corrected chi connectivity index (χ4v) is 2.84. The summed E-state index contributed by atoms with van der Waals surface area (Å²) in [7, 11) is 0. The SMILES string of the molecule is CCNC(Cc1nc(COCC)no1)C1CCCC1. The Morgan fingerprint density at radius 1 is 1.37 bits per heavy atom. The van der Waals surface area contributed by atoms with Crippen LogP contribution in [0.3, 0.4) is 0 Å². The first kappa shape index (κ1) is 14.5. The second kappa shape index (κ2) is 7.60. The van der Waals surface area contributed by atoms with Crippen LogP contribution in [0.4, 0.5) is 0 Å². The Bertz CT molecular complexity index is 361. The fraction of sp³-hybridized carbons (Fsp3) is 0.857. The molecule has 5 nitrogen and oxygen atoms in total. The van der Waals surface area contributed by atoms with Gasteiger partial charge in [0.1, 0.15) is 6.61 Å². The summed E-state index contributed by atoms with van der Waals surface area (Å²) in [6.45, 7) is 6.21. The Labute approximate surface area is 115 Å². The molecule has 0 bridgehead atoms. The summed E-state index contributed by atoms with van der Waals surface area (Å²) in [5.41, 5.74) is 0. The van der Waals surface area contributed by atoms with Crippen molar-refractivity contribution in [2.24, 2.45) is 5.92 Å². The molecule has 0 amide bonds. The van der Waals surface area contributed by atoms with Gasteiger partial charge in [-0.1, -0.05) is 24.9 Å². The van der Waals surface area contributed by atoms with E-state index in [9.17, 15) is 0 Å². The molecule has 0 spiro atoms. The summed E-state index contributed by atoms with van der Waals surface area (Å²) in [5, 5.41) is 7.52. The van der Waals surface area contributed by atoms with E-state index >= 15 is 0 Å². The molecule has 0 aromatic carbocycles. The minimum atomic E-state index is 0.440. The minimum absolute atomic E-state index is 0.440. The average Bonchev–Trinajstić information content (AvgIpc) is 3.07. The quantitative estimate of drug-likeness (QED) is 0.783. The van der Waals surface area contributed by atoms with Crippen molar-refractivity contribution >= 4 is 0 Å². The molecular formula is C14H25N3O2. The number of hydrogen-bond acceptors (Lipinski definition) is 5. The molecule has 1 atom stereocenters. The molecular weight excluding hydrogens is 242 g/mol. The molecule has 1 fully saturated rings. The summed E-state index contributed by atoms with van der Waals surface area (Å²) in [5.74, 6) is 2.13. The van der Waals surface area contributed by atoms with Gasteiger partial charge in [0.15, 0.2) is 5.82 Å². The highest BCUT2D eigenvalue weighted by molar-refractivity contribution is 4.92. The monoisotopic (exact) mass is 267 g/mol. The van der Waals surface area contributed by atoms with Gasteiger partial charge in [0, 0.05) is 19.1 Å². The number of hydrogen-bond donors (Lipinski definition) is 1. The van der Waals surface area contributed by atoms with Gasteiger partial charge >= 0.3 is 0 Å². The maximum atomic E-state index is 5.32. The number of nitrogens with zero attached hydrogens (tertiary/aromatic N) is 2. The highest BCUT2D eigenvalue weighted by Crippen LogP contribution is 2.29. The summed E-state index contributed by atoms with van der Waals surface area (Å²) in [6.07, 6.45) is 6.17. The molecule has 1 unspecified atom stereocenters. The Morgan fingerprint density at radius 2 is 2.16 bits per heavy atom. The van der Waals surface area contributed by atoms with Crippen LogP contribution in [0.2, 0.25) is 0 Å². The molecule has 0 radical (unpaired) electrons. The highest BCUT2D eigenvalue weighted by atomic mass is 16.5. The lowest BCUT2D eigenvalue weighted by Gasteiger charge is -2.22. The van der Waals surface area contributed by atoms with E-state index in [1.54, 1.807) is 0 Å². The molecule has 108 valence electrons. The Balaban J connectivity index is 1.90. The Kier molecular flexibility index (Phi) is 5.79. The standard InChI is InChI=1S/C14H25N3O2/c1-3-15-12(11-7-5-6-8-11)9-14-16-13(17-19-14)10-18-4-2/h11-12,15H,3-10H2,1-2H3. The van der Waals surface area contributed by atoms with Gasteiger partial charge in [-0.25, -0.2) is 0 Å². The number of ether oxygens (including phenoxy) is 1. The van der Waals surface area contributed by atoms with E-state index in [1.807, 2.05) is 6.92 Å². The van der Waals surface area contributed by atoms with Gasteiger partial charge in [0.05, 0.1) is 0 Å². The lowest BCUT2D eigenvalue weighted by molar-refractivity contribution is 0.126. The fourth-order valence-electron chi connectivity index (χ4n) is 2.84. The predicted molar refractivity (Wildman–Crippen MR) is 72.8 cm³/mol. The predicted octanol–water partition coefficient (Wildman–Crippen LogP) is 2.32. The lowest BCUT2D eigenvalue weighted by Crippen LogP contribution is -2.37. The molecule has 1 saturated carbocycles. The van der Waals surface area contributed by atoms with Gasteiger partial charge in [-0.05, 0) is 32.2 Å². The van der Waals surface area contributed by atoms with Gasteiger partial charge in [0.25, 0.3) is 0 Å². The van der Waals surface area contributed by atoms with Crippen LogP contribution in [0.15, 0.2) is 4.52 Å². The zero-order valence-corrected chi connectivity index (χ0v) is 12.0. The van der Waals surface area contributed by atoms with Gasteiger partial charge in [-0.15, -0.1) is 0 Å². The van der Waals surface area contributed by atoms with E-state index in [4.69, 9.17) is 9.26 Å². The first-order valence-corrected chi connectivity index (χ1v) is 7.46. The van der Waals surface area contributed by atoms with Crippen molar-refractivity contribution in [2.75, 3.05) is 13.2 Å². The van der Waals surface area contributed by atoms with E-state index in [0.717, 1.165) is 24.8 Å². The van der Waals surface area contributed by atoms with E-state index in [-0.39, 0.29) is 0 Å². The molecule has 1 aliphatic carbocycles. The third-order valence-electron chi connectivity index (χ3n) is 3.78. The number of rotatable bonds is 8. The minimum Gasteiger partial charge on any atom is -0.374 e. The zero-order chi connectivity index (χ0) is 13.5. The first-order chi connectivity index (χ1) is 9.33. The molecule has 1 aromatic rings. The topological polar surface area (TPSA) is 60.2 Å². The second-order valence-corrected chi connectivity index (χ2v) is 5.15. The largest absolute Gasteiger partial charge is 0.374 e. The van der Waals surface area contributed by atoms with E-state index in [2.05, 4.69) is 22.4 Å². The summed E-state index contributed by atoms with van der Waals surface area (Å²) in [6, 6.07) is 0.466. The van der Waals surface area contributed by atoms with Crippen molar-refractivity contribution in [3.8, 4) is 0 Å². The third-order valence-corrected chi connectivity index (χ3v) is 3.78. The summed E-state index contributed by atoms with van der Waals surface area (Å²) >= 11 is 0. The average molecular weight is 267 g/mol. The van der Waals surface area contributed by atoms with Crippen LogP contribution >= 0.6 is 0 Å². The van der Waals surface area contributed by atoms with Gasteiger partial charge in [-0.2, -0.15) is 4.98 Å². The number of aromatic nitrogens is 2. The van der Waals surface area contributed by atoms with Crippen LogP contribution in [0.5, 0.6) is 0 Å². The van der Waals surface area contributed by atoms with Crippen LogP contribution < -0.4 is 5.32 Å². The molecule has 0 saturated heterocycles. The van der Waals surface area contributed by atoms with Gasteiger partial charge in [-0.3, -0.25) is 0 Å². The Hall–Kier alpha value is -0.940. The summed E-state index contributed by atoms with van der Waals surface area (Å²) in [4.78, 5) is 4.40. The molecule has 1 heterocycles. The van der Waals surface area contributed by atoms with Crippen molar-refractivity contribution < 1.29 is 9.26 Å². The molecule has 5 heteroatoms. The molecule has 2 rings (SSSR count). The van der Waals surface area contributed by atoms with E-state index in [1.165, 1.54) is 25.7 Å². The van der Waals surface area contributed by atoms with Crippen LogP contribution in [-0.4, -0.2) is 29.3 Å². The van der Waals surface area contributed by atoms with Crippen molar-refractivity contribution in [3.05, 3.63) is 11.7 Å². The number of nitrogens with one attached hydrogen (secondary N) is 1. The van der Waals surface area contributed by atoms with Gasteiger partial charge < -0.3 is 14.6 Å². The highest BCUT2D eigenvalue weighted by Gasteiger charge is 2.26. The van der Waals surface area contributed by atoms with Crippen LogP contribution in [-0.2, 0) is 17.8 Å². The van der Waals surface area contributed by atoms with Crippen molar-refractivity contribution in [3.63, 3.8) is 0 Å². The number of likely N-dealkylation sites (N-methyl/N-ethyl adjacent to an activating group) is 1.